The molecule has 0 bridgehead atoms. The van der Waals surface area contributed by atoms with E-state index < -0.39 is 33.4 Å². The van der Waals surface area contributed by atoms with E-state index in [1.54, 1.807) is 21.6 Å². The molecule has 0 radical (unpaired) electrons. The Hall–Kier alpha value is -2.58. The molecular weight excluding hydrogens is 524 g/mol. The molecule has 1 spiro atoms. The predicted molar refractivity (Wildman–Crippen MR) is 158 cm³/mol. The van der Waals surface area contributed by atoms with Crippen molar-refractivity contribution in [2.75, 3.05) is 24.7 Å². The Kier molecular flexibility index (Phi) is 7.96. The van der Waals surface area contributed by atoms with Crippen LogP contribution in [0.3, 0.4) is 0 Å². The van der Waals surface area contributed by atoms with Gasteiger partial charge in [0.25, 0.3) is 5.91 Å². The van der Waals surface area contributed by atoms with E-state index in [-0.39, 0.29) is 30.3 Å². The Morgan fingerprint density at radius 2 is 1.85 bits per heavy atom. The van der Waals surface area contributed by atoms with Gasteiger partial charge in [0, 0.05) is 17.0 Å². The van der Waals surface area contributed by atoms with Gasteiger partial charge in [-0.2, -0.15) is 0 Å². The van der Waals surface area contributed by atoms with Gasteiger partial charge in [0.2, 0.25) is 5.91 Å². The van der Waals surface area contributed by atoms with Crippen LogP contribution in [-0.2, 0) is 19.1 Å². The van der Waals surface area contributed by atoms with Gasteiger partial charge >= 0.3 is 5.97 Å². The first-order valence-electron chi connectivity index (χ1n) is 14.6. The molecule has 6 atom stereocenters. The fourth-order valence-corrected chi connectivity index (χ4v) is 9.32. The molecule has 2 saturated heterocycles. The third-order valence-electron chi connectivity index (χ3n) is 8.94. The molecule has 2 fully saturated rings. The first-order chi connectivity index (χ1) is 19.0. The number of carbonyl (C=O) groups excluding carboxylic acids is 3. The Bertz CT molecular complexity index is 1240. The number of aliphatic hydroxyl groups excluding tert-OH is 1. The molecular formula is C32H42N2O5S. The van der Waals surface area contributed by atoms with Crippen LogP contribution in [0.2, 0.25) is 0 Å². The number of anilines is 1. The lowest BCUT2D eigenvalue weighted by Gasteiger charge is -2.40. The summed E-state index contributed by atoms with van der Waals surface area (Å²) in [5, 5.41) is 10.6. The minimum absolute atomic E-state index is 0.172. The van der Waals surface area contributed by atoms with E-state index in [2.05, 4.69) is 12.2 Å². The maximum Gasteiger partial charge on any atom is 0.311 e. The Morgan fingerprint density at radius 1 is 1.07 bits per heavy atom. The average molecular weight is 567 g/mol. The number of amides is 2. The number of aliphatic hydroxyl groups is 1. The van der Waals surface area contributed by atoms with Crippen molar-refractivity contribution in [1.29, 1.82) is 0 Å². The lowest BCUT2D eigenvalue weighted by molar-refractivity contribution is -0.154. The first-order valence-corrected chi connectivity index (χ1v) is 15.4. The number of cyclic esters (lactones) is 1. The van der Waals surface area contributed by atoms with Crippen LogP contribution in [0.25, 0.3) is 0 Å². The monoisotopic (exact) mass is 566 g/mol. The summed E-state index contributed by atoms with van der Waals surface area (Å²) in [4.78, 5) is 46.5. The van der Waals surface area contributed by atoms with E-state index in [0.717, 1.165) is 36.1 Å². The zero-order valence-electron chi connectivity index (χ0n) is 24.3. The minimum Gasteiger partial charge on any atom is -0.465 e. The summed E-state index contributed by atoms with van der Waals surface area (Å²) in [5.41, 5.74) is 2.84. The number of thioether (sulfide) groups is 1. The van der Waals surface area contributed by atoms with Gasteiger partial charge in [0.1, 0.15) is 6.04 Å². The lowest BCUT2D eigenvalue weighted by atomic mass is 9.74. The lowest BCUT2D eigenvalue weighted by Crippen LogP contribution is -2.57. The van der Waals surface area contributed by atoms with E-state index >= 15 is 0 Å². The average Bonchev–Trinajstić information content (AvgIpc) is 3.24. The smallest absolute Gasteiger partial charge is 0.311 e. The van der Waals surface area contributed by atoms with Crippen molar-refractivity contribution in [3.8, 4) is 0 Å². The van der Waals surface area contributed by atoms with Crippen LogP contribution in [-0.4, -0.2) is 69.1 Å². The second kappa shape index (κ2) is 11.0. The van der Waals surface area contributed by atoms with Gasteiger partial charge in [-0.3, -0.25) is 14.4 Å². The highest BCUT2D eigenvalue weighted by Crippen LogP contribution is 2.65. The van der Waals surface area contributed by atoms with Gasteiger partial charge in [0.05, 0.1) is 35.8 Å². The topological polar surface area (TPSA) is 87.2 Å². The highest BCUT2D eigenvalue weighted by Gasteiger charge is 2.74. The number of hydrogen-bond donors (Lipinski definition) is 1. The summed E-state index contributed by atoms with van der Waals surface area (Å²) in [6.07, 6.45) is 11.3. The molecule has 40 heavy (non-hydrogen) atoms. The predicted octanol–water partition coefficient (Wildman–Crippen LogP) is 4.58. The van der Waals surface area contributed by atoms with E-state index in [1.165, 1.54) is 0 Å². The Balaban J connectivity index is 1.69. The van der Waals surface area contributed by atoms with Crippen LogP contribution >= 0.6 is 11.8 Å². The summed E-state index contributed by atoms with van der Waals surface area (Å²) in [6.45, 7) is 10.5. The molecule has 7 nitrogen and oxygen atoms in total. The van der Waals surface area contributed by atoms with Crippen molar-refractivity contribution in [2.24, 2.45) is 17.8 Å². The largest absolute Gasteiger partial charge is 0.465 e. The molecule has 216 valence electrons. The number of carbonyl (C=O) groups is 3. The summed E-state index contributed by atoms with van der Waals surface area (Å²) < 4.78 is 4.08. The van der Waals surface area contributed by atoms with Gasteiger partial charge in [-0.25, -0.2) is 0 Å². The number of benzene rings is 1. The molecule has 2 amide bonds. The van der Waals surface area contributed by atoms with Crippen molar-refractivity contribution >= 4 is 35.2 Å². The van der Waals surface area contributed by atoms with Crippen LogP contribution in [0.5, 0.6) is 0 Å². The van der Waals surface area contributed by atoms with Gasteiger partial charge in [-0.15, -0.1) is 11.8 Å². The van der Waals surface area contributed by atoms with Crippen LogP contribution in [0.1, 0.15) is 57.6 Å². The standard InChI is InChI=1S/C32H42N2O5S/c1-20(2)17-23(19-35)34-27-29(37)33(24-18-21(3)11-12-22(24)4)15-10-14-32(27)25(28(34)36)26-30(38)39-16-9-7-6-8-13-31(26,5)40-32/h8,10-14,18,20,23,25-27,35H,6-7,9,15-17,19H2,1-5H3/b13-8-/t23-,25+,26-,27?,31+,32+/m1/s1. The van der Waals surface area contributed by atoms with E-state index in [4.69, 9.17) is 4.74 Å². The molecule has 1 aromatic rings. The molecule has 8 heteroatoms. The highest BCUT2D eigenvalue weighted by molar-refractivity contribution is 8.02. The SMILES string of the molecule is Cc1ccc(C)c(N2CC=C[C@]34S[C@@]5(C)/C=C\CCCCOC(=O)[C@H]5[C@H]3C(=O)N([C@@H](CO)CC(C)C)C4C2=O)c1. The number of esters is 1. The summed E-state index contributed by atoms with van der Waals surface area (Å²) in [7, 11) is 0. The molecule has 0 saturated carbocycles. The second-order valence-corrected chi connectivity index (χ2v) is 14.2. The van der Waals surface area contributed by atoms with Crippen LogP contribution in [0, 0.1) is 31.6 Å². The number of rotatable bonds is 5. The zero-order valence-corrected chi connectivity index (χ0v) is 25.1. The third kappa shape index (κ3) is 4.71. The number of nitrogens with zero attached hydrogens (tertiary/aromatic N) is 2. The maximum absolute atomic E-state index is 14.8. The molecule has 4 aliphatic rings. The van der Waals surface area contributed by atoms with Gasteiger partial charge < -0.3 is 19.6 Å². The van der Waals surface area contributed by atoms with Crippen molar-refractivity contribution in [2.45, 2.75) is 81.9 Å². The molecule has 0 aromatic heterocycles. The molecule has 1 aromatic carbocycles. The molecule has 4 heterocycles. The summed E-state index contributed by atoms with van der Waals surface area (Å²) >= 11 is 1.55. The number of aryl methyl sites for hydroxylation is 2. The third-order valence-corrected chi connectivity index (χ3v) is 10.7. The number of ether oxygens (including phenoxy) is 1. The van der Waals surface area contributed by atoms with Crippen molar-refractivity contribution < 1.29 is 24.2 Å². The van der Waals surface area contributed by atoms with Crippen LogP contribution < -0.4 is 4.90 Å². The molecule has 5 rings (SSSR count). The summed E-state index contributed by atoms with van der Waals surface area (Å²) in [6, 6.07) is 4.66. The van der Waals surface area contributed by atoms with Crippen molar-refractivity contribution in [3.63, 3.8) is 0 Å². The van der Waals surface area contributed by atoms with Gasteiger partial charge in [-0.1, -0.05) is 50.3 Å². The first kappa shape index (κ1) is 28.9. The Morgan fingerprint density at radius 3 is 2.58 bits per heavy atom. The molecule has 1 unspecified atom stereocenters. The van der Waals surface area contributed by atoms with E-state index in [1.807, 2.05) is 65.0 Å². The number of fused-ring (bicyclic) bond motifs is 2. The van der Waals surface area contributed by atoms with E-state index in [9.17, 15) is 19.5 Å². The highest BCUT2D eigenvalue weighted by atomic mass is 32.2. The minimum atomic E-state index is -0.970. The normalized spacial score (nSPS) is 33.8. The fraction of sp³-hybridized carbons (Fsp3) is 0.594. The van der Waals surface area contributed by atoms with Gasteiger partial charge in [0.15, 0.2) is 0 Å². The Labute approximate surface area is 242 Å². The van der Waals surface area contributed by atoms with Crippen molar-refractivity contribution in [3.05, 3.63) is 53.6 Å². The molecule has 0 aliphatic carbocycles. The van der Waals surface area contributed by atoms with E-state index in [0.29, 0.717) is 19.6 Å². The molecule has 1 N–H and O–H groups in total. The molecule has 4 aliphatic heterocycles. The van der Waals surface area contributed by atoms with Crippen LogP contribution in [0.15, 0.2) is 42.5 Å². The number of likely N-dealkylation sites (tertiary alicyclic amines) is 1. The number of allylic oxidation sites excluding steroid dienone is 1. The van der Waals surface area contributed by atoms with Crippen molar-refractivity contribution in [1.82, 2.24) is 4.90 Å². The maximum atomic E-state index is 14.8. The van der Waals surface area contributed by atoms with Crippen LogP contribution in [0.4, 0.5) is 5.69 Å². The quantitative estimate of drug-likeness (QED) is 0.415. The summed E-state index contributed by atoms with van der Waals surface area (Å²) in [5.74, 6) is -2.10. The fourth-order valence-electron chi connectivity index (χ4n) is 7.18. The zero-order chi connectivity index (χ0) is 28.8. The second-order valence-electron chi connectivity index (χ2n) is 12.4. The number of hydrogen-bond acceptors (Lipinski definition) is 6. The van der Waals surface area contributed by atoms with Gasteiger partial charge in [-0.05, 0) is 69.6 Å².